The molecule has 1 aromatic rings. The Labute approximate surface area is 149 Å². The quantitative estimate of drug-likeness (QED) is 0.772. The topological polar surface area (TPSA) is 57.7 Å². The number of thioether (sulfide) groups is 1. The highest BCUT2D eigenvalue weighted by Gasteiger charge is 2.20. The second kappa shape index (κ2) is 8.36. The van der Waals surface area contributed by atoms with Gasteiger partial charge in [0.2, 0.25) is 15.9 Å². The third kappa shape index (κ3) is 4.97. The van der Waals surface area contributed by atoms with Crippen molar-refractivity contribution in [3.8, 4) is 0 Å². The summed E-state index contributed by atoms with van der Waals surface area (Å²) < 4.78 is 25.5. The highest BCUT2D eigenvalue weighted by molar-refractivity contribution is 7.99. The van der Waals surface area contributed by atoms with Crippen LogP contribution in [-0.4, -0.2) is 56.5 Å². The number of likely N-dealkylation sites (tertiary alicyclic amines) is 1. The molecule has 1 fully saturated rings. The Kier molecular flexibility index (Phi) is 6.71. The van der Waals surface area contributed by atoms with E-state index in [9.17, 15) is 13.2 Å². The van der Waals surface area contributed by atoms with E-state index in [0.29, 0.717) is 22.3 Å². The van der Waals surface area contributed by atoms with Gasteiger partial charge in [0.1, 0.15) is 0 Å². The first kappa shape index (κ1) is 19.3. The van der Waals surface area contributed by atoms with E-state index in [1.165, 1.54) is 30.2 Å². The fourth-order valence-electron chi connectivity index (χ4n) is 2.61. The lowest BCUT2D eigenvalue weighted by Gasteiger charge is -2.30. The molecule has 134 valence electrons. The summed E-state index contributed by atoms with van der Waals surface area (Å²) in [5.41, 5.74) is 0.919. The molecule has 1 aromatic carbocycles. The summed E-state index contributed by atoms with van der Waals surface area (Å²) in [6.07, 6.45) is 2.17. The fraction of sp³-hybridized carbons (Fsp3) is 0.588. The van der Waals surface area contributed by atoms with Crippen molar-refractivity contribution in [1.82, 2.24) is 9.21 Å². The molecule has 2 rings (SSSR count). The van der Waals surface area contributed by atoms with Crippen LogP contribution >= 0.6 is 11.8 Å². The lowest BCUT2D eigenvalue weighted by molar-refractivity contribution is -0.129. The first-order chi connectivity index (χ1) is 11.3. The SMILES string of the molecule is CC1CCN(C(=O)CSCc2cccc(S(=O)(=O)N(C)C)c2)CC1. The Hall–Kier alpha value is -1.05. The monoisotopic (exact) mass is 370 g/mol. The molecule has 0 aromatic heterocycles. The molecule has 1 aliphatic heterocycles. The van der Waals surface area contributed by atoms with E-state index in [1.54, 1.807) is 18.2 Å². The molecule has 1 aliphatic rings. The van der Waals surface area contributed by atoms with Crippen LogP contribution in [0, 0.1) is 5.92 Å². The van der Waals surface area contributed by atoms with Crippen molar-refractivity contribution in [1.29, 1.82) is 0 Å². The molecule has 5 nitrogen and oxygen atoms in total. The number of piperidine rings is 1. The molecule has 0 aliphatic carbocycles. The van der Waals surface area contributed by atoms with Crippen LogP contribution in [0.25, 0.3) is 0 Å². The van der Waals surface area contributed by atoms with Crippen molar-refractivity contribution in [3.05, 3.63) is 29.8 Å². The number of sulfonamides is 1. The zero-order valence-corrected chi connectivity index (χ0v) is 16.2. The molecule has 7 heteroatoms. The first-order valence-corrected chi connectivity index (χ1v) is 10.8. The molecule has 0 radical (unpaired) electrons. The van der Waals surface area contributed by atoms with Gasteiger partial charge in [0.05, 0.1) is 10.6 Å². The van der Waals surface area contributed by atoms with Gasteiger partial charge in [0.15, 0.2) is 0 Å². The number of carbonyl (C=O) groups excluding carboxylic acids is 1. The van der Waals surface area contributed by atoms with Crippen molar-refractivity contribution in [2.45, 2.75) is 30.4 Å². The van der Waals surface area contributed by atoms with Crippen LogP contribution in [0.5, 0.6) is 0 Å². The Balaban J connectivity index is 1.88. The molecule has 0 bridgehead atoms. The van der Waals surface area contributed by atoms with Crippen LogP contribution < -0.4 is 0 Å². The molecule has 0 N–H and O–H groups in total. The Morgan fingerprint density at radius 3 is 2.58 bits per heavy atom. The number of hydrogen-bond donors (Lipinski definition) is 0. The van der Waals surface area contributed by atoms with Gasteiger partial charge in [-0.05, 0) is 36.5 Å². The summed E-state index contributed by atoms with van der Waals surface area (Å²) >= 11 is 1.54. The molecule has 0 atom stereocenters. The van der Waals surface area contributed by atoms with Gasteiger partial charge in [-0.1, -0.05) is 19.1 Å². The Morgan fingerprint density at radius 2 is 1.96 bits per heavy atom. The zero-order chi connectivity index (χ0) is 17.7. The van der Waals surface area contributed by atoms with Crippen molar-refractivity contribution < 1.29 is 13.2 Å². The summed E-state index contributed by atoms with van der Waals surface area (Å²) in [5, 5.41) is 0. The standard InChI is InChI=1S/C17H26N2O3S2/c1-14-7-9-19(10-8-14)17(20)13-23-12-15-5-4-6-16(11-15)24(21,22)18(2)3/h4-6,11,14H,7-10,12-13H2,1-3H3. The van der Waals surface area contributed by atoms with Gasteiger partial charge >= 0.3 is 0 Å². The van der Waals surface area contributed by atoms with E-state index in [0.717, 1.165) is 31.5 Å². The normalized spacial score (nSPS) is 16.6. The number of hydrogen-bond acceptors (Lipinski definition) is 4. The van der Waals surface area contributed by atoms with Crippen LogP contribution in [-0.2, 0) is 20.6 Å². The summed E-state index contributed by atoms with van der Waals surface area (Å²) in [5.74, 6) is 1.97. The van der Waals surface area contributed by atoms with Gasteiger partial charge in [-0.2, -0.15) is 0 Å². The van der Waals surface area contributed by atoms with E-state index < -0.39 is 10.0 Å². The molecular weight excluding hydrogens is 344 g/mol. The molecule has 1 heterocycles. The summed E-state index contributed by atoms with van der Waals surface area (Å²) in [4.78, 5) is 14.5. The summed E-state index contributed by atoms with van der Waals surface area (Å²) in [7, 11) is -0.369. The van der Waals surface area contributed by atoms with Crippen LogP contribution in [0.3, 0.4) is 0 Å². The lowest BCUT2D eigenvalue weighted by Crippen LogP contribution is -2.38. The van der Waals surface area contributed by atoms with E-state index >= 15 is 0 Å². The van der Waals surface area contributed by atoms with Gasteiger partial charge in [0.25, 0.3) is 0 Å². The molecule has 0 spiro atoms. The van der Waals surface area contributed by atoms with Gasteiger partial charge < -0.3 is 4.90 Å². The second-order valence-electron chi connectivity index (χ2n) is 6.49. The highest BCUT2D eigenvalue weighted by atomic mass is 32.2. The number of rotatable bonds is 6. The third-order valence-corrected chi connectivity index (χ3v) is 7.11. The average Bonchev–Trinajstić information content (AvgIpc) is 2.55. The Morgan fingerprint density at radius 1 is 1.29 bits per heavy atom. The van der Waals surface area contributed by atoms with Crippen LogP contribution in [0.2, 0.25) is 0 Å². The molecule has 0 saturated carbocycles. The van der Waals surface area contributed by atoms with E-state index in [1.807, 2.05) is 11.0 Å². The van der Waals surface area contributed by atoms with Crippen LogP contribution in [0.4, 0.5) is 0 Å². The van der Waals surface area contributed by atoms with Crippen LogP contribution in [0.1, 0.15) is 25.3 Å². The number of nitrogens with zero attached hydrogens (tertiary/aromatic N) is 2. The molecule has 1 amide bonds. The largest absolute Gasteiger partial charge is 0.342 e. The lowest BCUT2D eigenvalue weighted by atomic mass is 9.99. The van der Waals surface area contributed by atoms with E-state index in [4.69, 9.17) is 0 Å². The van der Waals surface area contributed by atoms with E-state index in [-0.39, 0.29) is 5.91 Å². The number of carbonyl (C=O) groups is 1. The first-order valence-electron chi connectivity index (χ1n) is 8.17. The fourth-order valence-corrected chi connectivity index (χ4v) is 4.46. The summed E-state index contributed by atoms with van der Waals surface area (Å²) in [6.45, 7) is 3.94. The molecular formula is C17H26N2O3S2. The number of benzene rings is 1. The third-order valence-electron chi connectivity index (χ3n) is 4.31. The average molecular weight is 371 g/mol. The minimum Gasteiger partial charge on any atom is -0.342 e. The van der Waals surface area contributed by atoms with Gasteiger partial charge in [-0.15, -0.1) is 11.8 Å². The maximum absolute atomic E-state index is 12.2. The maximum Gasteiger partial charge on any atom is 0.242 e. The van der Waals surface area contributed by atoms with Crippen molar-refractivity contribution in [2.75, 3.05) is 32.9 Å². The van der Waals surface area contributed by atoms with Crippen molar-refractivity contribution >= 4 is 27.7 Å². The maximum atomic E-state index is 12.2. The highest BCUT2D eigenvalue weighted by Crippen LogP contribution is 2.20. The van der Waals surface area contributed by atoms with Gasteiger partial charge in [0, 0.05) is 32.9 Å². The molecule has 1 saturated heterocycles. The smallest absolute Gasteiger partial charge is 0.242 e. The number of amides is 1. The van der Waals surface area contributed by atoms with Crippen molar-refractivity contribution in [2.24, 2.45) is 5.92 Å². The minimum absolute atomic E-state index is 0.184. The minimum atomic E-state index is -3.41. The molecule has 24 heavy (non-hydrogen) atoms. The predicted molar refractivity (Wildman–Crippen MR) is 98.5 cm³/mol. The second-order valence-corrected chi connectivity index (χ2v) is 9.63. The molecule has 0 unspecified atom stereocenters. The summed E-state index contributed by atoms with van der Waals surface area (Å²) in [6, 6.07) is 6.94. The van der Waals surface area contributed by atoms with Gasteiger partial charge in [-0.25, -0.2) is 12.7 Å². The zero-order valence-electron chi connectivity index (χ0n) is 14.6. The Bertz CT molecular complexity index is 666. The van der Waals surface area contributed by atoms with E-state index in [2.05, 4.69) is 6.92 Å². The van der Waals surface area contributed by atoms with Crippen molar-refractivity contribution in [3.63, 3.8) is 0 Å². The van der Waals surface area contributed by atoms with Crippen LogP contribution in [0.15, 0.2) is 29.2 Å². The predicted octanol–water partition coefficient (Wildman–Crippen LogP) is 2.43. The van der Waals surface area contributed by atoms with Gasteiger partial charge in [-0.3, -0.25) is 4.79 Å².